The Hall–Kier alpha value is -0.840. The second-order valence-electron chi connectivity index (χ2n) is 2.23. The maximum atomic E-state index is 10.5. The first-order valence-corrected chi connectivity index (χ1v) is 3.22. The van der Waals surface area contributed by atoms with E-state index in [0.29, 0.717) is 0 Å². The third-order valence-electron chi connectivity index (χ3n) is 1.41. The van der Waals surface area contributed by atoms with Crippen LogP contribution >= 0.6 is 0 Å². The van der Waals surface area contributed by atoms with Crippen LogP contribution in [0.3, 0.4) is 0 Å². The molecule has 0 heterocycles. The van der Waals surface area contributed by atoms with Gasteiger partial charge in [-0.05, 0) is 17.7 Å². The van der Waals surface area contributed by atoms with E-state index in [0.717, 1.165) is 0 Å². The van der Waals surface area contributed by atoms with E-state index in [1.165, 1.54) is 24.3 Å². The van der Waals surface area contributed by atoms with Crippen molar-refractivity contribution in [2.24, 2.45) is 5.73 Å². The van der Waals surface area contributed by atoms with Gasteiger partial charge in [0.25, 0.3) is 0 Å². The van der Waals surface area contributed by atoms with E-state index in [4.69, 9.17) is 5.73 Å². The molecule has 1 rings (SSSR count). The van der Waals surface area contributed by atoms with Crippen LogP contribution in [0.1, 0.15) is 20.7 Å². The Kier molecular flexibility index (Phi) is 4.69. The molecule has 4 nitrogen and oxygen atoms in total. The minimum absolute atomic E-state index is 0. The fourth-order valence-electron chi connectivity index (χ4n) is 0.771. The summed E-state index contributed by atoms with van der Waals surface area (Å²) in [6, 6.07) is 5.23. The zero-order chi connectivity index (χ0) is 9.14. The van der Waals surface area contributed by atoms with Crippen LogP contribution in [0.15, 0.2) is 24.3 Å². The predicted molar refractivity (Wildman–Crippen MR) is 39.3 cm³/mol. The molecule has 1 aromatic carbocycles. The summed E-state index contributed by atoms with van der Waals surface area (Å²) >= 11 is 0. The van der Waals surface area contributed by atoms with E-state index in [9.17, 15) is 14.7 Å². The second kappa shape index (κ2) is 5.01. The summed E-state index contributed by atoms with van der Waals surface area (Å²) in [5.74, 6) is -1.86. The molecular weight excluding hydrogens is 181 g/mol. The van der Waals surface area contributed by atoms with Gasteiger partial charge in [-0.25, -0.2) is 0 Å². The third-order valence-corrected chi connectivity index (χ3v) is 1.41. The molecule has 0 saturated carbocycles. The first kappa shape index (κ1) is 12.2. The fourth-order valence-corrected chi connectivity index (χ4v) is 0.771. The summed E-state index contributed by atoms with van der Waals surface area (Å²) in [5.41, 5.74) is 5.24. The van der Waals surface area contributed by atoms with Crippen molar-refractivity contribution in [3.05, 3.63) is 35.4 Å². The van der Waals surface area contributed by atoms with E-state index in [1.807, 2.05) is 0 Å². The van der Waals surface area contributed by atoms with Crippen molar-refractivity contribution in [1.82, 2.24) is 0 Å². The van der Waals surface area contributed by atoms with Gasteiger partial charge in [0.2, 0.25) is 5.91 Å². The van der Waals surface area contributed by atoms with Crippen LogP contribution in [0.5, 0.6) is 0 Å². The number of rotatable bonds is 2. The molecule has 0 aliphatic rings. The maximum absolute atomic E-state index is 10.5. The molecule has 1 aromatic rings. The first-order valence-electron chi connectivity index (χ1n) is 3.22. The third kappa shape index (κ3) is 3.18. The zero-order valence-corrected chi connectivity index (χ0v) is 9.11. The summed E-state index contributed by atoms with van der Waals surface area (Å²) in [5, 5.41) is 10.3. The standard InChI is InChI=1S/C8H7NO3.Na/c9-7(10)5-1-3-6(4-2-5)8(11)12;/h1-4H,(H2,9,10)(H,11,12);/q;+1/p-1. The maximum Gasteiger partial charge on any atom is 1.00 e. The number of primary amides is 1. The molecule has 62 valence electrons. The molecule has 0 spiro atoms. The zero-order valence-electron chi connectivity index (χ0n) is 7.11. The van der Waals surface area contributed by atoms with Crippen molar-refractivity contribution in [2.45, 2.75) is 0 Å². The average molecular weight is 187 g/mol. The predicted octanol–water partition coefficient (Wildman–Crippen LogP) is -3.85. The van der Waals surface area contributed by atoms with Crippen LogP contribution in [-0.4, -0.2) is 11.9 Å². The van der Waals surface area contributed by atoms with E-state index >= 15 is 0 Å². The molecular formula is C8H6NNaO3. The summed E-state index contributed by atoms with van der Waals surface area (Å²) in [4.78, 5) is 20.8. The van der Waals surface area contributed by atoms with E-state index in [2.05, 4.69) is 0 Å². The molecule has 0 fully saturated rings. The molecule has 0 atom stereocenters. The van der Waals surface area contributed by atoms with Gasteiger partial charge < -0.3 is 15.6 Å². The van der Waals surface area contributed by atoms with Gasteiger partial charge in [-0.2, -0.15) is 0 Å². The van der Waals surface area contributed by atoms with Gasteiger partial charge in [0, 0.05) is 5.56 Å². The van der Waals surface area contributed by atoms with Crippen molar-refractivity contribution < 1.29 is 44.3 Å². The van der Waals surface area contributed by atoms with Gasteiger partial charge >= 0.3 is 29.6 Å². The SMILES string of the molecule is NC(=O)c1ccc(C(=O)[O-])cc1.[Na+]. The average Bonchev–Trinajstić information content (AvgIpc) is 2.04. The minimum Gasteiger partial charge on any atom is -0.545 e. The number of hydrogen-bond acceptors (Lipinski definition) is 3. The molecule has 1 amide bonds. The molecule has 0 radical (unpaired) electrons. The largest absolute Gasteiger partial charge is 1.00 e. The minimum atomic E-state index is -1.27. The molecule has 0 saturated heterocycles. The summed E-state index contributed by atoms with van der Waals surface area (Å²) in [7, 11) is 0. The quantitative estimate of drug-likeness (QED) is 0.481. The molecule has 0 unspecified atom stereocenters. The topological polar surface area (TPSA) is 83.2 Å². The van der Waals surface area contributed by atoms with Gasteiger partial charge in [-0.1, -0.05) is 12.1 Å². The van der Waals surface area contributed by atoms with Crippen LogP contribution in [0.25, 0.3) is 0 Å². The van der Waals surface area contributed by atoms with Crippen molar-refractivity contribution in [1.29, 1.82) is 0 Å². The molecule has 13 heavy (non-hydrogen) atoms. The summed E-state index contributed by atoms with van der Waals surface area (Å²) < 4.78 is 0. The van der Waals surface area contributed by atoms with Crippen molar-refractivity contribution in [3.8, 4) is 0 Å². The molecule has 5 heteroatoms. The van der Waals surface area contributed by atoms with E-state index < -0.39 is 11.9 Å². The Balaban J connectivity index is 0.00000144. The number of nitrogens with two attached hydrogens (primary N) is 1. The van der Waals surface area contributed by atoms with Crippen molar-refractivity contribution >= 4 is 11.9 Å². The van der Waals surface area contributed by atoms with Crippen LogP contribution in [0.4, 0.5) is 0 Å². The van der Waals surface area contributed by atoms with Gasteiger partial charge in [0.1, 0.15) is 0 Å². The van der Waals surface area contributed by atoms with Gasteiger partial charge in [-0.3, -0.25) is 4.79 Å². The molecule has 0 aromatic heterocycles. The molecule has 0 aliphatic carbocycles. The van der Waals surface area contributed by atoms with Crippen LogP contribution in [0.2, 0.25) is 0 Å². The Bertz CT molecular complexity index is 288. The number of benzene rings is 1. The number of hydrogen-bond donors (Lipinski definition) is 1. The van der Waals surface area contributed by atoms with Crippen molar-refractivity contribution in [2.75, 3.05) is 0 Å². The molecule has 0 aliphatic heterocycles. The number of carboxylic acids is 1. The Morgan fingerprint density at radius 2 is 1.46 bits per heavy atom. The number of carbonyl (C=O) groups is 2. The van der Waals surface area contributed by atoms with Crippen LogP contribution < -0.4 is 40.4 Å². The Morgan fingerprint density at radius 3 is 1.77 bits per heavy atom. The Labute approximate surface area is 97.0 Å². The Morgan fingerprint density at radius 1 is 1.08 bits per heavy atom. The number of aromatic carboxylic acids is 1. The number of carboxylic acid groups (broad SMARTS) is 1. The van der Waals surface area contributed by atoms with E-state index in [-0.39, 0.29) is 40.7 Å². The van der Waals surface area contributed by atoms with Crippen LogP contribution in [-0.2, 0) is 0 Å². The van der Waals surface area contributed by atoms with Crippen LogP contribution in [0, 0.1) is 0 Å². The summed E-state index contributed by atoms with van der Waals surface area (Å²) in [6.45, 7) is 0. The van der Waals surface area contributed by atoms with Gasteiger partial charge in [0.15, 0.2) is 0 Å². The van der Waals surface area contributed by atoms with Gasteiger partial charge in [0.05, 0.1) is 5.97 Å². The second-order valence-corrected chi connectivity index (χ2v) is 2.23. The number of carbonyl (C=O) groups excluding carboxylic acids is 2. The monoisotopic (exact) mass is 187 g/mol. The normalized spacial score (nSPS) is 8.62. The fraction of sp³-hybridized carbons (Fsp3) is 0. The van der Waals surface area contributed by atoms with E-state index in [1.54, 1.807) is 0 Å². The van der Waals surface area contributed by atoms with Crippen molar-refractivity contribution in [3.63, 3.8) is 0 Å². The van der Waals surface area contributed by atoms with Gasteiger partial charge in [-0.15, -0.1) is 0 Å². The smallest absolute Gasteiger partial charge is 0.545 e. The molecule has 2 N–H and O–H groups in total. The summed E-state index contributed by atoms with van der Waals surface area (Å²) in [6.07, 6.45) is 0. The number of amides is 1. The first-order chi connectivity index (χ1) is 5.61. The molecule has 0 bridgehead atoms.